The van der Waals surface area contributed by atoms with Crippen LogP contribution in [0.15, 0.2) is 41.3 Å². The van der Waals surface area contributed by atoms with Crippen LogP contribution in [0.3, 0.4) is 0 Å². The number of hydrazine groups is 1. The summed E-state index contributed by atoms with van der Waals surface area (Å²) in [6.07, 6.45) is 0. The molecule has 0 atom stereocenters. The third-order valence-electron chi connectivity index (χ3n) is 3.09. The highest BCUT2D eigenvalue weighted by molar-refractivity contribution is 7.93. The molecule has 6 nitrogen and oxygen atoms in total. The molecule has 0 radical (unpaired) electrons. The first-order valence-corrected chi connectivity index (χ1v) is 8.78. The van der Waals surface area contributed by atoms with Crippen molar-refractivity contribution in [1.29, 1.82) is 0 Å². The largest absolute Gasteiger partial charge is 0.293 e. The number of rotatable bonds is 5. The van der Waals surface area contributed by atoms with Crippen molar-refractivity contribution in [3.8, 4) is 0 Å². The van der Waals surface area contributed by atoms with Crippen LogP contribution in [0.2, 0.25) is 10.0 Å². The Balaban J connectivity index is 2.65. The monoisotopic (exact) mass is 409 g/mol. The number of hydrogen-bond acceptors (Lipinski definition) is 4. The van der Waals surface area contributed by atoms with E-state index in [1.54, 1.807) is 5.43 Å². The Hall–Kier alpha value is -1.94. The van der Waals surface area contributed by atoms with Gasteiger partial charge in [0, 0.05) is 11.1 Å². The smallest absolute Gasteiger partial charge is 0.266 e. The predicted molar refractivity (Wildman–Crippen MR) is 89.7 cm³/mol. The minimum atomic E-state index is -4.51. The van der Waals surface area contributed by atoms with Crippen LogP contribution in [-0.4, -0.2) is 20.9 Å². The molecule has 134 valence electrons. The lowest BCUT2D eigenvalue weighted by atomic mass is 10.3. The highest BCUT2D eigenvalue weighted by Gasteiger charge is 2.31. The van der Waals surface area contributed by atoms with Gasteiger partial charge in [0.25, 0.3) is 15.9 Å². The highest BCUT2D eigenvalue weighted by Crippen LogP contribution is 2.31. The van der Waals surface area contributed by atoms with Crippen molar-refractivity contribution in [1.82, 2.24) is 5.43 Å². The van der Waals surface area contributed by atoms with Crippen LogP contribution < -0.4 is 15.6 Å². The molecule has 2 rings (SSSR count). The molecule has 0 unspecified atom stereocenters. The molecule has 0 saturated heterocycles. The van der Waals surface area contributed by atoms with Gasteiger partial charge in [0.05, 0.1) is 10.7 Å². The predicted octanol–water partition coefficient (Wildman–Crippen LogP) is 2.46. The molecular weight excluding hydrogens is 399 g/mol. The van der Waals surface area contributed by atoms with Crippen LogP contribution >= 0.6 is 23.2 Å². The van der Waals surface area contributed by atoms with Gasteiger partial charge in [-0.25, -0.2) is 23.0 Å². The van der Waals surface area contributed by atoms with E-state index in [2.05, 4.69) is 0 Å². The molecule has 0 saturated carbocycles. The lowest BCUT2D eigenvalue weighted by Crippen LogP contribution is -2.43. The zero-order chi connectivity index (χ0) is 18.8. The zero-order valence-corrected chi connectivity index (χ0v) is 14.7. The molecule has 0 spiro atoms. The number of halogens is 4. The summed E-state index contributed by atoms with van der Waals surface area (Å²) in [5.41, 5.74) is 1.19. The van der Waals surface area contributed by atoms with E-state index in [0.29, 0.717) is 10.4 Å². The lowest BCUT2D eigenvalue weighted by molar-refractivity contribution is -0.119. The molecule has 25 heavy (non-hydrogen) atoms. The first-order valence-electron chi connectivity index (χ1n) is 6.59. The van der Waals surface area contributed by atoms with Gasteiger partial charge in [0.1, 0.15) is 23.1 Å². The summed E-state index contributed by atoms with van der Waals surface area (Å²) in [6, 6.07) is 5.86. The lowest BCUT2D eigenvalue weighted by Gasteiger charge is -2.24. The van der Waals surface area contributed by atoms with E-state index in [4.69, 9.17) is 29.0 Å². The molecule has 0 bridgehead atoms. The van der Waals surface area contributed by atoms with Crippen molar-refractivity contribution in [3.05, 3.63) is 58.1 Å². The van der Waals surface area contributed by atoms with Crippen molar-refractivity contribution < 1.29 is 22.0 Å². The van der Waals surface area contributed by atoms with E-state index in [9.17, 15) is 22.0 Å². The Labute approximate surface area is 152 Å². The number of nitrogens with two attached hydrogens (primary N) is 1. The van der Waals surface area contributed by atoms with Gasteiger partial charge < -0.3 is 0 Å². The van der Waals surface area contributed by atoms with Crippen LogP contribution in [0.4, 0.5) is 14.5 Å². The molecule has 0 aliphatic rings. The van der Waals surface area contributed by atoms with Crippen LogP contribution in [0.5, 0.6) is 0 Å². The van der Waals surface area contributed by atoms with Crippen LogP contribution in [0, 0.1) is 11.6 Å². The van der Waals surface area contributed by atoms with E-state index < -0.39 is 44.7 Å². The average molecular weight is 410 g/mol. The minimum absolute atomic E-state index is 0.0609. The number of benzene rings is 2. The number of hydrogen-bond donors (Lipinski definition) is 2. The second-order valence-electron chi connectivity index (χ2n) is 4.75. The van der Waals surface area contributed by atoms with Gasteiger partial charge in [-0.05, 0) is 30.3 Å². The summed E-state index contributed by atoms with van der Waals surface area (Å²) in [4.78, 5) is 11.2. The fraction of sp³-hybridized carbons (Fsp3) is 0.0714. The molecule has 2 aromatic rings. The van der Waals surface area contributed by atoms with Gasteiger partial charge in [-0.3, -0.25) is 14.5 Å². The average Bonchev–Trinajstić information content (AvgIpc) is 2.55. The maximum atomic E-state index is 14.1. The van der Waals surface area contributed by atoms with Gasteiger partial charge in [-0.15, -0.1) is 0 Å². The van der Waals surface area contributed by atoms with Gasteiger partial charge in [-0.1, -0.05) is 23.2 Å². The molecule has 0 aliphatic heterocycles. The number of amides is 1. The quantitative estimate of drug-likeness (QED) is 0.450. The van der Waals surface area contributed by atoms with Crippen molar-refractivity contribution >= 4 is 44.8 Å². The van der Waals surface area contributed by atoms with Gasteiger partial charge in [0.2, 0.25) is 0 Å². The standard InChI is InChI=1S/C14H11Cl2F2N3O3S/c15-8-1-3-10(16)13(5-8)25(23,24)21(7-14(22)20-19)12-4-2-9(17)6-11(12)18/h1-6H,7,19H2,(H,20,22). The number of nitrogens with zero attached hydrogens (tertiary/aromatic N) is 1. The van der Waals surface area contributed by atoms with Crippen molar-refractivity contribution in [2.45, 2.75) is 4.90 Å². The number of nitrogens with one attached hydrogen (secondary N) is 1. The normalized spacial score (nSPS) is 11.2. The van der Waals surface area contributed by atoms with Gasteiger partial charge in [0.15, 0.2) is 0 Å². The maximum Gasteiger partial charge on any atom is 0.266 e. The second-order valence-corrected chi connectivity index (χ2v) is 7.42. The molecule has 0 heterocycles. The third kappa shape index (κ3) is 4.18. The molecule has 2 aromatic carbocycles. The molecule has 0 fully saturated rings. The first-order chi connectivity index (χ1) is 11.7. The highest BCUT2D eigenvalue weighted by atomic mass is 35.5. The second kappa shape index (κ2) is 7.52. The summed E-state index contributed by atoms with van der Waals surface area (Å²) in [5.74, 6) is 1.95. The molecule has 11 heteroatoms. The van der Waals surface area contributed by atoms with E-state index in [1.807, 2.05) is 0 Å². The van der Waals surface area contributed by atoms with Crippen LogP contribution in [-0.2, 0) is 14.8 Å². The van der Waals surface area contributed by atoms with Crippen molar-refractivity contribution in [3.63, 3.8) is 0 Å². The van der Waals surface area contributed by atoms with E-state index >= 15 is 0 Å². The Morgan fingerprint density at radius 2 is 1.84 bits per heavy atom. The first kappa shape index (κ1) is 19.4. The van der Waals surface area contributed by atoms with E-state index in [1.165, 1.54) is 12.1 Å². The summed E-state index contributed by atoms with van der Waals surface area (Å²) >= 11 is 11.7. The fourth-order valence-electron chi connectivity index (χ4n) is 1.95. The van der Waals surface area contributed by atoms with Crippen molar-refractivity contribution in [2.24, 2.45) is 5.84 Å². The van der Waals surface area contributed by atoms with Gasteiger partial charge in [-0.2, -0.15) is 0 Å². The van der Waals surface area contributed by atoms with E-state index in [-0.39, 0.29) is 10.0 Å². The summed E-state index contributed by atoms with van der Waals surface area (Å²) in [6.45, 7) is -0.857. The fourth-order valence-corrected chi connectivity index (χ4v) is 4.12. The molecule has 0 aliphatic carbocycles. The van der Waals surface area contributed by atoms with E-state index in [0.717, 1.165) is 18.2 Å². The van der Waals surface area contributed by atoms with Crippen molar-refractivity contribution in [2.75, 3.05) is 10.8 Å². The Bertz CT molecular complexity index is 926. The Morgan fingerprint density at radius 1 is 1.16 bits per heavy atom. The summed E-state index contributed by atoms with van der Waals surface area (Å²) < 4.78 is 53.5. The summed E-state index contributed by atoms with van der Waals surface area (Å²) in [5, 5.41) is -0.129. The molecular formula is C14H11Cl2F2N3O3S. The summed E-state index contributed by atoms with van der Waals surface area (Å²) in [7, 11) is -4.51. The van der Waals surface area contributed by atoms with Crippen LogP contribution in [0.25, 0.3) is 0 Å². The zero-order valence-electron chi connectivity index (χ0n) is 12.3. The molecule has 0 aromatic heterocycles. The number of carbonyl (C=O) groups is 1. The maximum absolute atomic E-state index is 14.1. The SMILES string of the molecule is NNC(=O)CN(c1ccc(F)cc1F)S(=O)(=O)c1cc(Cl)ccc1Cl. The number of sulfonamides is 1. The minimum Gasteiger partial charge on any atom is -0.293 e. The Kier molecular flexibility index (Phi) is 5.83. The van der Waals surface area contributed by atoms with Gasteiger partial charge >= 0.3 is 0 Å². The Morgan fingerprint density at radius 3 is 2.44 bits per heavy atom. The topological polar surface area (TPSA) is 92.5 Å². The number of anilines is 1. The number of carbonyl (C=O) groups excluding carboxylic acids is 1. The van der Waals surface area contributed by atoms with Crippen LogP contribution in [0.1, 0.15) is 0 Å². The molecule has 3 N–H and O–H groups in total. The molecule has 1 amide bonds. The third-order valence-corrected chi connectivity index (χ3v) is 5.56.